The van der Waals surface area contributed by atoms with Crippen LogP contribution in [0.4, 0.5) is 0 Å². The normalized spacial score (nSPS) is 38.8. The molecule has 0 aromatic heterocycles. The molecule has 7 N–H and O–H groups in total. The molecular formula is C15H24N2Na2O16P2S. The Hall–Kier alpha value is 1.30. The number of thiocarbonyl (C=S) groups is 1. The fraction of sp³-hybridized carbons (Fsp3) is 0.867. The van der Waals surface area contributed by atoms with Gasteiger partial charge in [0.2, 0.25) is 5.91 Å². The van der Waals surface area contributed by atoms with Crippen molar-refractivity contribution < 1.29 is 136 Å². The number of rotatable bonds is 9. The number of carbonyl (C=O) groups is 1. The van der Waals surface area contributed by atoms with Crippen LogP contribution in [-0.2, 0) is 36.8 Å². The maximum atomic E-state index is 12.0. The second kappa shape index (κ2) is 15.2. The Balaban J connectivity index is 0.00000361. The molecule has 0 spiro atoms. The Morgan fingerprint density at radius 2 is 1.58 bits per heavy atom. The number of aliphatic hydroxyl groups is 6. The van der Waals surface area contributed by atoms with Crippen molar-refractivity contribution in [2.45, 2.75) is 61.7 Å². The zero-order valence-corrected chi connectivity index (χ0v) is 26.6. The molecule has 38 heavy (non-hydrogen) atoms. The van der Waals surface area contributed by atoms with E-state index in [1.807, 2.05) is 0 Å². The van der Waals surface area contributed by atoms with Crippen molar-refractivity contribution in [2.24, 2.45) is 0 Å². The molecule has 3 saturated heterocycles. The summed E-state index contributed by atoms with van der Waals surface area (Å²) in [7, 11) is -11.6. The Kier molecular flexibility index (Phi) is 14.9. The number of phosphoric ester groups is 2. The van der Waals surface area contributed by atoms with Crippen molar-refractivity contribution in [1.82, 2.24) is 10.2 Å². The quantitative estimate of drug-likeness (QED) is 0.0709. The van der Waals surface area contributed by atoms with Gasteiger partial charge < -0.3 is 64.6 Å². The van der Waals surface area contributed by atoms with E-state index in [-0.39, 0.29) is 83.1 Å². The Morgan fingerprint density at radius 3 is 2.16 bits per heavy atom. The first-order valence-corrected chi connectivity index (χ1v) is 13.6. The van der Waals surface area contributed by atoms with Gasteiger partial charge in [-0.25, -0.2) is 4.31 Å². The fourth-order valence-electron chi connectivity index (χ4n) is 3.56. The molecule has 208 valence electrons. The van der Waals surface area contributed by atoms with Crippen molar-refractivity contribution >= 4 is 38.9 Å². The number of amides is 1. The van der Waals surface area contributed by atoms with E-state index in [1.165, 1.54) is 4.90 Å². The Morgan fingerprint density at radius 1 is 0.974 bits per heavy atom. The zero-order valence-electron chi connectivity index (χ0n) is 20.0. The van der Waals surface area contributed by atoms with E-state index in [9.17, 15) is 49.2 Å². The molecule has 0 aromatic carbocycles. The zero-order chi connectivity index (χ0) is 27.0. The second-order valence-electron chi connectivity index (χ2n) is 7.92. The Labute approximate surface area is 265 Å². The minimum atomic E-state index is -5.87. The van der Waals surface area contributed by atoms with Crippen molar-refractivity contribution in [3.05, 3.63) is 0 Å². The third-order valence-electron chi connectivity index (χ3n) is 5.41. The van der Waals surface area contributed by atoms with Crippen LogP contribution in [0.2, 0.25) is 0 Å². The van der Waals surface area contributed by atoms with Gasteiger partial charge in [-0.2, -0.15) is 0 Å². The largest absolute Gasteiger partial charge is 1.00 e. The summed E-state index contributed by atoms with van der Waals surface area (Å²) < 4.78 is 46.8. The molecule has 11 atom stereocenters. The predicted molar refractivity (Wildman–Crippen MR) is 110 cm³/mol. The number of hydrogen-bond donors (Lipinski definition) is 7. The molecule has 3 heterocycles. The minimum Gasteiger partial charge on any atom is -0.756 e. The van der Waals surface area contributed by atoms with E-state index in [0.717, 1.165) is 0 Å². The molecule has 0 aromatic rings. The first-order chi connectivity index (χ1) is 16.7. The van der Waals surface area contributed by atoms with Crippen LogP contribution in [0.5, 0.6) is 0 Å². The van der Waals surface area contributed by atoms with Crippen LogP contribution < -0.4 is 74.2 Å². The molecule has 3 aliphatic heterocycles. The maximum absolute atomic E-state index is 12.0. The van der Waals surface area contributed by atoms with Gasteiger partial charge in [-0.15, -0.1) is 0 Å². The number of nitrogens with zero attached hydrogens (tertiary/aromatic N) is 1. The van der Waals surface area contributed by atoms with Gasteiger partial charge in [0, 0.05) is 13.0 Å². The monoisotopic (exact) mass is 628 g/mol. The van der Waals surface area contributed by atoms with E-state index < -0.39 is 84.1 Å². The molecule has 0 bridgehead atoms. The first-order valence-electron chi connectivity index (χ1n) is 10.2. The van der Waals surface area contributed by atoms with Crippen molar-refractivity contribution in [1.29, 1.82) is 0 Å². The molecule has 2 unspecified atom stereocenters. The standard InChI is InChI=1S/C15H26N2O16P2S.2Na/c18-3-5-8(20)10(22)12(24)14(31-5)32-35(27,28)33-34(25,26)29-4-6-9(21)11(23)13(30-6)17-2-1-7(19)16-15(17)36;;/h5-6,8-14,18,20-24H,1-4H2,(H,25,26)(H,27,28)(H,16,19,36);;/q;2*+1/p-2/t5-,6-,8-,9-,10+,11-,12-,13-,14-;;/m1../s1. The summed E-state index contributed by atoms with van der Waals surface area (Å²) in [6.07, 6.45) is -15.9. The number of hydrogen-bond acceptors (Lipinski definition) is 17. The van der Waals surface area contributed by atoms with Crippen LogP contribution in [0.1, 0.15) is 6.42 Å². The number of aliphatic hydroxyl groups excluding tert-OH is 6. The van der Waals surface area contributed by atoms with Crippen LogP contribution >= 0.6 is 27.9 Å². The third-order valence-corrected chi connectivity index (χ3v) is 8.28. The molecule has 3 rings (SSSR count). The fourth-order valence-corrected chi connectivity index (χ4v) is 5.95. The molecule has 0 radical (unpaired) electrons. The molecule has 3 fully saturated rings. The van der Waals surface area contributed by atoms with Gasteiger partial charge in [0.25, 0.3) is 15.6 Å². The molecule has 0 aliphatic carbocycles. The average molecular weight is 628 g/mol. The molecular weight excluding hydrogens is 604 g/mol. The van der Waals surface area contributed by atoms with Crippen LogP contribution in [0.25, 0.3) is 0 Å². The van der Waals surface area contributed by atoms with E-state index in [4.69, 9.17) is 26.8 Å². The van der Waals surface area contributed by atoms with Gasteiger partial charge in [0.1, 0.15) is 42.7 Å². The summed E-state index contributed by atoms with van der Waals surface area (Å²) in [5.74, 6) is -0.374. The van der Waals surface area contributed by atoms with Crippen LogP contribution in [0, 0.1) is 0 Å². The van der Waals surface area contributed by atoms with E-state index in [0.29, 0.717) is 0 Å². The summed E-state index contributed by atoms with van der Waals surface area (Å²) in [6, 6.07) is 0. The topological polar surface area (TPSA) is 280 Å². The summed E-state index contributed by atoms with van der Waals surface area (Å²) >= 11 is 4.98. The third kappa shape index (κ3) is 9.15. The predicted octanol–water partition coefficient (Wildman–Crippen LogP) is -11.7. The number of phosphoric acid groups is 2. The van der Waals surface area contributed by atoms with Crippen molar-refractivity contribution in [2.75, 3.05) is 19.8 Å². The molecule has 18 nitrogen and oxygen atoms in total. The van der Waals surface area contributed by atoms with Gasteiger partial charge in [-0.05, 0) is 12.2 Å². The molecule has 3 aliphatic rings. The first kappa shape index (κ1) is 37.3. The van der Waals surface area contributed by atoms with Gasteiger partial charge in [0.05, 0.1) is 13.2 Å². The Bertz CT molecular complexity index is 937. The van der Waals surface area contributed by atoms with Crippen molar-refractivity contribution in [3.8, 4) is 0 Å². The summed E-state index contributed by atoms with van der Waals surface area (Å²) in [6.45, 7) is -1.91. The summed E-state index contributed by atoms with van der Waals surface area (Å²) in [5, 5.41) is 60.9. The smallest absolute Gasteiger partial charge is 0.756 e. The van der Waals surface area contributed by atoms with E-state index >= 15 is 0 Å². The number of ether oxygens (including phenoxy) is 2. The van der Waals surface area contributed by atoms with E-state index in [2.05, 4.69) is 18.7 Å². The SMILES string of the molecule is O=C1CCN([C@@H]2O[C@H](COP(=O)([O-])OP(=O)([O-])O[C@H]3O[C@H](CO)[C@@H](O)[C@H](O)[C@H]3O)[C@@H](O)[C@H]2O)C(=S)N1.[Na+].[Na+]. The van der Waals surface area contributed by atoms with Crippen molar-refractivity contribution in [3.63, 3.8) is 0 Å². The maximum Gasteiger partial charge on any atom is 1.00 e. The second-order valence-corrected chi connectivity index (χ2v) is 11.2. The van der Waals surface area contributed by atoms with E-state index in [1.54, 1.807) is 0 Å². The summed E-state index contributed by atoms with van der Waals surface area (Å²) in [5.41, 5.74) is 0. The molecule has 23 heteroatoms. The van der Waals surface area contributed by atoms with Gasteiger partial charge in [0.15, 0.2) is 17.6 Å². The average Bonchev–Trinajstić information content (AvgIpc) is 3.06. The minimum absolute atomic E-state index is 0. The van der Waals surface area contributed by atoms with Crippen LogP contribution in [0.15, 0.2) is 0 Å². The molecule has 1 amide bonds. The van der Waals surface area contributed by atoms with Gasteiger partial charge >= 0.3 is 59.1 Å². The van der Waals surface area contributed by atoms with Gasteiger partial charge in [-0.1, -0.05) is 0 Å². The van der Waals surface area contributed by atoms with Crippen LogP contribution in [0.3, 0.4) is 0 Å². The summed E-state index contributed by atoms with van der Waals surface area (Å²) in [4.78, 5) is 36.7. The number of nitrogens with one attached hydrogen (secondary N) is 1. The number of carbonyl (C=O) groups excluding carboxylic acids is 1. The van der Waals surface area contributed by atoms with Crippen LogP contribution in [-0.4, -0.2) is 122 Å². The van der Waals surface area contributed by atoms with Gasteiger partial charge in [-0.3, -0.25) is 18.4 Å². The molecule has 0 saturated carbocycles.